The Morgan fingerprint density at radius 2 is 2.33 bits per heavy atom. The molecule has 6 nitrogen and oxygen atoms in total. The maximum absolute atomic E-state index is 10.6. The molecule has 1 atom stereocenters. The quantitative estimate of drug-likeness (QED) is 0.479. The van der Waals surface area contributed by atoms with Crippen LogP contribution in [-0.2, 0) is 0 Å². The van der Waals surface area contributed by atoms with Gasteiger partial charge in [-0.15, -0.1) is 0 Å². The van der Waals surface area contributed by atoms with Crippen LogP contribution in [0.2, 0.25) is 0 Å². The smallest absolute Gasteiger partial charge is 0.271 e. The molecular weight excluding hydrogens is 234 g/mol. The molecule has 0 amide bonds. The van der Waals surface area contributed by atoms with E-state index in [2.05, 4.69) is 4.90 Å². The minimum absolute atomic E-state index is 0.0161. The number of benzene rings is 1. The molecular formula is C12H17N3O3. The Morgan fingerprint density at radius 3 is 2.94 bits per heavy atom. The van der Waals surface area contributed by atoms with Gasteiger partial charge in [0.05, 0.1) is 16.3 Å². The molecule has 1 aromatic carbocycles. The molecule has 1 aliphatic heterocycles. The van der Waals surface area contributed by atoms with Crippen molar-refractivity contribution in [3.8, 4) is 0 Å². The number of rotatable bonds is 4. The van der Waals surface area contributed by atoms with Crippen molar-refractivity contribution in [2.45, 2.75) is 12.8 Å². The highest BCUT2D eigenvalue weighted by atomic mass is 16.6. The molecule has 1 unspecified atom stereocenters. The Kier molecular flexibility index (Phi) is 3.66. The summed E-state index contributed by atoms with van der Waals surface area (Å²) in [4.78, 5) is 12.3. The molecule has 1 fully saturated rings. The van der Waals surface area contributed by atoms with Crippen LogP contribution in [0, 0.1) is 16.0 Å². The predicted molar refractivity (Wildman–Crippen MR) is 69.5 cm³/mol. The molecule has 1 heterocycles. The molecule has 0 saturated carbocycles. The van der Waals surface area contributed by atoms with Gasteiger partial charge in [-0.1, -0.05) is 0 Å². The second-order valence-corrected chi connectivity index (χ2v) is 4.61. The summed E-state index contributed by atoms with van der Waals surface area (Å²) >= 11 is 0. The standard InChI is InChI=1S/C12H17N3O3/c13-11-7-10(15(17)18)1-2-12(11)14-5-3-9(8-14)4-6-16/h1-2,7,9,16H,3-6,8,13H2. The summed E-state index contributed by atoms with van der Waals surface area (Å²) in [5.74, 6) is 0.476. The third-order valence-electron chi connectivity index (χ3n) is 3.39. The average Bonchev–Trinajstić information content (AvgIpc) is 2.77. The van der Waals surface area contributed by atoms with E-state index in [1.165, 1.54) is 12.1 Å². The summed E-state index contributed by atoms with van der Waals surface area (Å²) in [5, 5.41) is 19.5. The van der Waals surface area contributed by atoms with E-state index in [0.29, 0.717) is 11.6 Å². The number of nitrogens with zero attached hydrogens (tertiary/aromatic N) is 2. The first-order valence-corrected chi connectivity index (χ1v) is 6.01. The minimum Gasteiger partial charge on any atom is -0.397 e. The van der Waals surface area contributed by atoms with Crippen LogP contribution < -0.4 is 10.6 Å². The van der Waals surface area contributed by atoms with Gasteiger partial charge in [-0.25, -0.2) is 0 Å². The highest BCUT2D eigenvalue weighted by Gasteiger charge is 2.24. The number of nitrogens with two attached hydrogens (primary N) is 1. The van der Waals surface area contributed by atoms with E-state index in [-0.39, 0.29) is 12.3 Å². The topological polar surface area (TPSA) is 92.6 Å². The Morgan fingerprint density at radius 1 is 1.56 bits per heavy atom. The van der Waals surface area contributed by atoms with Gasteiger partial charge in [-0.2, -0.15) is 0 Å². The number of aliphatic hydroxyl groups is 1. The Hall–Kier alpha value is -1.82. The van der Waals surface area contributed by atoms with Gasteiger partial charge in [0, 0.05) is 31.8 Å². The molecule has 1 saturated heterocycles. The lowest BCUT2D eigenvalue weighted by molar-refractivity contribution is -0.384. The van der Waals surface area contributed by atoms with Gasteiger partial charge in [0.15, 0.2) is 0 Å². The normalized spacial score (nSPS) is 19.2. The first kappa shape index (κ1) is 12.6. The van der Waals surface area contributed by atoms with E-state index in [9.17, 15) is 10.1 Å². The zero-order valence-electron chi connectivity index (χ0n) is 10.1. The zero-order chi connectivity index (χ0) is 13.1. The molecule has 0 aliphatic carbocycles. The van der Waals surface area contributed by atoms with Gasteiger partial charge in [0.2, 0.25) is 0 Å². The van der Waals surface area contributed by atoms with Crippen molar-refractivity contribution in [2.75, 3.05) is 30.3 Å². The fraction of sp³-hybridized carbons (Fsp3) is 0.500. The van der Waals surface area contributed by atoms with Crippen LogP contribution in [0.3, 0.4) is 0 Å². The number of hydrogen-bond donors (Lipinski definition) is 2. The summed E-state index contributed by atoms with van der Waals surface area (Å²) < 4.78 is 0. The van der Waals surface area contributed by atoms with Crippen LogP contribution in [0.25, 0.3) is 0 Å². The molecule has 6 heteroatoms. The molecule has 0 spiro atoms. The molecule has 1 aliphatic rings. The van der Waals surface area contributed by atoms with Crippen molar-refractivity contribution in [3.63, 3.8) is 0 Å². The highest BCUT2D eigenvalue weighted by Crippen LogP contribution is 2.32. The van der Waals surface area contributed by atoms with Crippen molar-refractivity contribution in [2.24, 2.45) is 5.92 Å². The van der Waals surface area contributed by atoms with Gasteiger partial charge >= 0.3 is 0 Å². The fourth-order valence-corrected chi connectivity index (χ4v) is 2.41. The molecule has 0 radical (unpaired) electrons. The summed E-state index contributed by atoms with van der Waals surface area (Å²) in [5.41, 5.74) is 7.17. The second-order valence-electron chi connectivity index (χ2n) is 4.61. The number of nitro benzene ring substituents is 1. The van der Waals surface area contributed by atoms with E-state index in [4.69, 9.17) is 10.8 Å². The van der Waals surface area contributed by atoms with Gasteiger partial charge in [0.1, 0.15) is 0 Å². The third-order valence-corrected chi connectivity index (χ3v) is 3.39. The Balaban J connectivity index is 2.12. The molecule has 0 aromatic heterocycles. The summed E-state index contributed by atoms with van der Waals surface area (Å²) in [7, 11) is 0. The number of nitro groups is 1. The number of non-ortho nitro benzene ring substituents is 1. The molecule has 98 valence electrons. The Bertz CT molecular complexity index is 450. The van der Waals surface area contributed by atoms with E-state index in [0.717, 1.165) is 31.6 Å². The minimum atomic E-state index is -0.446. The van der Waals surface area contributed by atoms with Crippen LogP contribution in [0.4, 0.5) is 17.1 Å². The maximum atomic E-state index is 10.6. The maximum Gasteiger partial charge on any atom is 0.271 e. The summed E-state index contributed by atoms with van der Waals surface area (Å²) in [6.07, 6.45) is 1.82. The number of anilines is 2. The largest absolute Gasteiger partial charge is 0.397 e. The SMILES string of the molecule is Nc1cc([N+](=O)[O-])ccc1N1CCC(CCO)C1. The van der Waals surface area contributed by atoms with Crippen LogP contribution in [-0.4, -0.2) is 29.7 Å². The van der Waals surface area contributed by atoms with Crippen LogP contribution in [0.15, 0.2) is 18.2 Å². The van der Waals surface area contributed by atoms with Crippen LogP contribution in [0.1, 0.15) is 12.8 Å². The van der Waals surface area contributed by atoms with Gasteiger partial charge in [-0.05, 0) is 24.8 Å². The Labute approximate surface area is 105 Å². The van der Waals surface area contributed by atoms with Crippen molar-refractivity contribution in [1.29, 1.82) is 0 Å². The third kappa shape index (κ3) is 2.53. The lowest BCUT2D eigenvalue weighted by Crippen LogP contribution is -2.21. The average molecular weight is 251 g/mol. The number of hydrogen-bond acceptors (Lipinski definition) is 5. The van der Waals surface area contributed by atoms with Crippen LogP contribution >= 0.6 is 0 Å². The lowest BCUT2D eigenvalue weighted by Gasteiger charge is -2.20. The van der Waals surface area contributed by atoms with E-state index in [1.807, 2.05) is 0 Å². The summed E-state index contributed by atoms with van der Waals surface area (Å²) in [6, 6.07) is 4.58. The number of nitrogen functional groups attached to an aromatic ring is 1. The van der Waals surface area contributed by atoms with Gasteiger partial charge < -0.3 is 15.7 Å². The van der Waals surface area contributed by atoms with E-state index in [1.54, 1.807) is 6.07 Å². The van der Waals surface area contributed by atoms with Gasteiger partial charge in [-0.3, -0.25) is 10.1 Å². The van der Waals surface area contributed by atoms with Crippen molar-refractivity contribution in [3.05, 3.63) is 28.3 Å². The second kappa shape index (κ2) is 5.22. The highest BCUT2D eigenvalue weighted by molar-refractivity contribution is 5.71. The van der Waals surface area contributed by atoms with E-state index < -0.39 is 4.92 Å². The lowest BCUT2D eigenvalue weighted by atomic mass is 10.1. The zero-order valence-corrected chi connectivity index (χ0v) is 10.1. The first-order chi connectivity index (χ1) is 8.61. The first-order valence-electron chi connectivity index (χ1n) is 6.01. The fourth-order valence-electron chi connectivity index (χ4n) is 2.41. The van der Waals surface area contributed by atoms with Gasteiger partial charge in [0.25, 0.3) is 5.69 Å². The molecule has 1 aromatic rings. The predicted octanol–water partition coefficient (Wildman–Crippen LogP) is 1.39. The molecule has 18 heavy (non-hydrogen) atoms. The number of aliphatic hydroxyl groups excluding tert-OH is 1. The van der Waals surface area contributed by atoms with Crippen molar-refractivity contribution < 1.29 is 10.0 Å². The summed E-state index contributed by atoms with van der Waals surface area (Å²) in [6.45, 7) is 1.93. The molecule has 3 N–H and O–H groups in total. The van der Waals surface area contributed by atoms with Crippen LogP contribution in [0.5, 0.6) is 0 Å². The van der Waals surface area contributed by atoms with Crippen molar-refractivity contribution >= 4 is 17.1 Å². The van der Waals surface area contributed by atoms with E-state index >= 15 is 0 Å². The monoisotopic (exact) mass is 251 g/mol. The molecule has 2 rings (SSSR count). The van der Waals surface area contributed by atoms with Crippen molar-refractivity contribution in [1.82, 2.24) is 0 Å². The molecule has 0 bridgehead atoms.